The Balaban J connectivity index is -0.000000135. The zero-order valence-electron chi connectivity index (χ0n) is 110. The van der Waals surface area contributed by atoms with E-state index in [4.69, 9.17) is 30.6 Å². The van der Waals surface area contributed by atoms with Crippen LogP contribution in [0.2, 0.25) is 0 Å². The van der Waals surface area contributed by atoms with Gasteiger partial charge < -0.3 is 36.1 Å². The Morgan fingerprint density at radius 1 is 0.460 bits per heavy atom. The third-order valence-corrected chi connectivity index (χ3v) is 29.4. The minimum atomic E-state index is -0.675. The van der Waals surface area contributed by atoms with Crippen molar-refractivity contribution in [2.45, 2.75) is 552 Å². The number of aryl methyl sites for hydroxylation is 1. The van der Waals surface area contributed by atoms with Crippen LogP contribution in [0, 0.1) is 167 Å². The van der Waals surface area contributed by atoms with Crippen molar-refractivity contribution in [2.75, 3.05) is 33.4 Å². The molecule has 0 radical (unpaired) electrons. The molecule has 8 rings (SSSR count). The number of aliphatic hydroxyl groups excluding tert-OH is 2. The molecular formula is C134H268F2N4O9S. The van der Waals surface area contributed by atoms with Gasteiger partial charge in [0.2, 0.25) is 11.8 Å². The van der Waals surface area contributed by atoms with Gasteiger partial charge in [0.05, 0.1) is 24.4 Å². The number of ketones is 2. The number of benzene rings is 2. The first kappa shape index (κ1) is 171. The molecule has 7 N–H and O–H groups in total. The average molecular weight is 2150 g/mol. The summed E-state index contributed by atoms with van der Waals surface area (Å²) in [5.41, 5.74) is 7.80. The maximum absolute atomic E-state index is 13.2. The number of hydroxylamine groups is 2. The molecule has 5 fully saturated rings. The molecule has 8 atom stereocenters. The first-order chi connectivity index (χ1) is 68.6. The summed E-state index contributed by atoms with van der Waals surface area (Å²) in [6.45, 7) is 123. The number of hydrogen-bond acceptors (Lipinski definition) is 12. The second-order valence-electron chi connectivity index (χ2n) is 50.0. The third-order valence-electron chi connectivity index (χ3n) is 28.2. The minimum absolute atomic E-state index is 0. The molecule has 4 aliphatic heterocycles. The molecule has 4 saturated heterocycles. The van der Waals surface area contributed by atoms with E-state index in [0.29, 0.717) is 40.9 Å². The molecular weight excluding hydrogens is 1880 g/mol. The molecule has 5 aliphatic rings. The SMILES string of the molecule is C.CC(=O)C(C)C.CC(C)/C=C/C(=O)Cc1ccc(F)cc1F.CC(C)C(=O)N(C)O.CC(C)C(C)C.CC(C)C(N)=O.CC(C)C1CC1.CC(C)[C@@H](C)O.CC(C)[C@@H]1CCCN1.CC(C)[C@@H]1CCCO1.CC(C)[C@H](C)O.CC(C)[C@H]1CCCN1.CC(C)[C@H]1CCCO1.CC(C)c1cccs1.CCC(C(C)C)C(C)C.CCC(C(C)C)C(C)C.CCCCC(C)C.CC[C@@H](C)C(C)C.CC[C@H](C)C(C)C.Cc1cccc(C(C)C)c1. The Morgan fingerprint density at radius 3 is 0.967 bits per heavy atom. The van der Waals surface area contributed by atoms with E-state index in [2.05, 4.69) is 329 Å². The van der Waals surface area contributed by atoms with E-state index in [9.17, 15) is 28.0 Å². The lowest BCUT2D eigenvalue weighted by molar-refractivity contribution is -0.162. The normalized spacial score (nSPS) is 15.9. The highest BCUT2D eigenvalue weighted by molar-refractivity contribution is 7.10. The summed E-state index contributed by atoms with van der Waals surface area (Å²) in [6.07, 6.45) is 27.0. The van der Waals surface area contributed by atoms with Gasteiger partial charge in [0, 0.05) is 67.5 Å². The Kier molecular flexibility index (Phi) is 122. The maximum Gasteiger partial charge on any atom is 0.248 e. The molecule has 16 heteroatoms. The Bertz CT molecular complexity index is 3140. The van der Waals surface area contributed by atoms with Crippen molar-refractivity contribution >= 4 is 34.7 Å². The van der Waals surface area contributed by atoms with Crippen LogP contribution in [0.5, 0.6) is 0 Å². The molecule has 2 amide bonds. The van der Waals surface area contributed by atoms with Crippen LogP contribution in [-0.2, 0) is 35.1 Å². The molecule has 13 nitrogen and oxygen atoms in total. The van der Waals surface area contributed by atoms with Gasteiger partial charge in [-0.05, 0) is 282 Å². The van der Waals surface area contributed by atoms with Crippen molar-refractivity contribution in [3.8, 4) is 0 Å². The van der Waals surface area contributed by atoms with Crippen LogP contribution in [0.3, 0.4) is 0 Å². The average Bonchev–Trinajstić information content (AvgIpc) is 1.49. The second-order valence-corrected chi connectivity index (χ2v) is 51.0. The highest BCUT2D eigenvalue weighted by Crippen LogP contribution is 2.36. The summed E-state index contributed by atoms with van der Waals surface area (Å²) in [4.78, 5) is 43.5. The molecule has 0 bridgehead atoms. The highest BCUT2D eigenvalue weighted by atomic mass is 32.1. The van der Waals surface area contributed by atoms with Gasteiger partial charge in [-0.2, -0.15) is 0 Å². The summed E-state index contributed by atoms with van der Waals surface area (Å²) in [7, 11) is 1.32. The topological polar surface area (TPSA) is 201 Å². The Labute approximate surface area is 941 Å². The van der Waals surface area contributed by atoms with Gasteiger partial charge in [-0.15, -0.1) is 11.3 Å². The summed E-state index contributed by atoms with van der Waals surface area (Å²) in [5, 5.41) is 35.4. The summed E-state index contributed by atoms with van der Waals surface area (Å²) < 4.78 is 36.6. The van der Waals surface area contributed by atoms with Crippen LogP contribution in [0.15, 0.2) is 72.1 Å². The van der Waals surface area contributed by atoms with Gasteiger partial charge >= 0.3 is 0 Å². The predicted molar refractivity (Wildman–Crippen MR) is 668 cm³/mol. The number of carbonyl (C=O) groups is 4. The van der Waals surface area contributed by atoms with E-state index >= 15 is 0 Å². The van der Waals surface area contributed by atoms with Crippen molar-refractivity contribution in [3.05, 3.63) is 105 Å². The molecule has 0 unspecified atom stereocenters. The number of rotatable bonds is 30. The number of thiophene rings is 1. The number of amides is 2. The van der Waals surface area contributed by atoms with Crippen molar-refractivity contribution < 1.29 is 52.9 Å². The van der Waals surface area contributed by atoms with Crippen molar-refractivity contribution in [3.63, 3.8) is 0 Å². The zero-order valence-corrected chi connectivity index (χ0v) is 110. The fraction of sp³-hybridized carbons (Fsp3) is 0.836. The fourth-order valence-electron chi connectivity index (χ4n) is 13.8. The number of nitrogens with zero attached hydrogens (tertiary/aromatic N) is 1. The standard InChI is InChI=1S/C13H14F2O.C10H14.2C9H20.2C7H15N.2C7H14O.C7H10S.3C7H16.C6H12.C6H14.C5H11NO2.2C5H12O.C5H10O.C4H9NO.CH4/c1-9(2)3-6-12(16)7-10-4-5-11(14)8-13(10)15;1-8(2)10-6-4-5-9(3)7-10;2*1-6-9(7(2)3)8(4)5;5*1-6(2)7-4-3-5-8-7;2*1-5-7(4)6(2)3;1-4-5-6-7(2)3;1-5(2)6-3-4-6;1-5(2)6(3)4;1-4(2)5(7)6(3)8;3*1-4(2)5(3)6;1-3(2)4(5)6;/h3-6,8-9H,7H2,1-2H3;4-8H,1-3H3;2*7-9H,6H2,1-5H3;2*6-8H,3-5H2,1-2H3;2*6-7H,3-5H2,1-2H3;3-6H,1-2H3;2*6-7H,5H2,1-4H3;7H,4-6H2,1-3H3;5-6H,3-4H2,1-2H3;5-6H,1-4H3;4,8H,1-3H3;2*4-6H,1-3H3;4H,1-3H3;3H,1-2H3,(H2,5,6);1H4/b6-3+;;;;;;;;;;;;;;;;;;;/t;;;;4*7-;;2*7-;;;;;2*5-;;;/m....1010.10....10.../s1. The number of ether oxygens (including phenoxy) is 2. The quantitative estimate of drug-likeness (QED) is 0.0211. The van der Waals surface area contributed by atoms with E-state index in [1.54, 1.807) is 54.5 Å². The summed E-state index contributed by atoms with van der Waals surface area (Å²) in [5.74, 6) is 17.4. The number of Topliss-reactive ketones (excluding diaryl/α,β-unsaturated/α-hetero) is 1. The molecule has 898 valence electrons. The van der Waals surface area contributed by atoms with Crippen molar-refractivity contribution in [2.24, 2.45) is 154 Å². The molecule has 3 aromatic rings. The lowest BCUT2D eigenvalue weighted by Crippen LogP contribution is -2.26. The molecule has 1 aromatic heterocycles. The Hall–Kier alpha value is -4.26. The minimum Gasteiger partial charge on any atom is -0.393 e. The summed E-state index contributed by atoms with van der Waals surface area (Å²) in [6, 6.07) is 17.8. The van der Waals surface area contributed by atoms with E-state index in [-0.39, 0.29) is 78.7 Å². The largest absolute Gasteiger partial charge is 0.393 e. The molecule has 0 spiro atoms. The third kappa shape index (κ3) is 118. The van der Waals surface area contributed by atoms with Gasteiger partial charge in [-0.1, -0.05) is 454 Å². The van der Waals surface area contributed by atoms with Crippen LogP contribution >= 0.6 is 11.3 Å². The number of unbranched alkanes of at least 4 members (excludes halogenated alkanes) is 1. The number of carbonyl (C=O) groups excluding carboxylic acids is 4. The predicted octanol–water partition coefficient (Wildman–Crippen LogP) is 39.5. The van der Waals surface area contributed by atoms with Crippen LogP contribution in [0.1, 0.15) is 524 Å². The monoisotopic (exact) mass is 2150 g/mol. The number of aliphatic hydroxyl groups is 2. The van der Waals surface area contributed by atoms with Gasteiger partial charge in [-0.3, -0.25) is 24.4 Å². The van der Waals surface area contributed by atoms with Gasteiger partial charge in [0.15, 0.2) is 5.78 Å². The second kappa shape index (κ2) is 108. The molecule has 150 heavy (non-hydrogen) atoms. The van der Waals surface area contributed by atoms with Crippen LogP contribution in [0.25, 0.3) is 0 Å². The van der Waals surface area contributed by atoms with Crippen molar-refractivity contribution in [1.82, 2.24) is 15.7 Å². The Morgan fingerprint density at radius 2 is 0.833 bits per heavy atom. The van der Waals surface area contributed by atoms with Gasteiger partial charge in [0.25, 0.3) is 0 Å². The molecule has 5 heterocycles. The van der Waals surface area contributed by atoms with Crippen LogP contribution in [0.4, 0.5) is 8.78 Å². The van der Waals surface area contributed by atoms with Crippen LogP contribution in [-0.4, -0.2) is 114 Å². The number of allylic oxidation sites excluding steroid dienone is 2. The van der Waals surface area contributed by atoms with Gasteiger partial charge in [0.1, 0.15) is 17.4 Å². The smallest absolute Gasteiger partial charge is 0.248 e. The number of primary amides is 1. The molecule has 2 aromatic carbocycles. The van der Waals surface area contributed by atoms with E-state index < -0.39 is 11.6 Å². The summed E-state index contributed by atoms with van der Waals surface area (Å²) >= 11 is 1.83. The number of nitrogens with one attached hydrogen (secondary N) is 2. The number of nitrogens with two attached hydrogens (primary N) is 1. The maximum atomic E-state index is 13.2. The fourth-order valence-corrected chi connectivity index (χ4v) is 14.5. The molecule has 1 saturated carbocycles. The molecule has 1 aliphatic carbocycles. The van der Waals surface area contributed by atoms with Crippen LogP contribution < -0.4 is 16.4 Å². The lowest BCUT2D eigenvalue weighted by atomic mass is 9.84. The first-order valence-corrected chi connectivity index (χ1v) is 61.0. The highest BCUT2D eigenvalue weighted by Gasteiger charge is 2.25. The van der Waals surface area contributed by atoms with Crippen molar-refractivity contribution in [1.29, 1.82) is 0 Å². The zero-order chi connectivity index (χ0) is 119. The van der Waals surface area contributed by atoms with E-state index in [1.165, 1.54) is 157 Å². The number of halogens is 2. The first-order valence-electron chi connectivity index (χ1n) is 60.2. The van der Waals surface area contributed by atoms with E-state index in [0.717, 1.165) is 150 Å². The lowest BCUT2D eigenvalue weighted by Gasteiger charge is -2.22. The number of hydrogen-bond donors (Lipinski definition) is 6. The van der Waals surface area contributed by atoms with Gasteiger partial charge in [-0.25, -0.2) is 13.8 Å². The van der Waals surface area contributed by atoms with E-state index in [1.807, 2.05) is 66.7 Å².